The number of H-pyrrole nitrogens is 1. The molecule has 146 valence electrons. The summed E-state index contributed by atoms with van der Waals surface area (Å²) in [7, 11) is 0. The SMILES string of the molecule is CC(C)(C)Cn1c(NC(=O)c2cc(C(F)(F)F)[nH]n2)nc2cc(C#N)cnc21. The van der Waals surface area contributed by atoms with Crippen molar-refractivity contribution in [2.45, 2.75) is 33.5 Å². The highest BCUT2D eigenvalue weighted by atomic mass is 19.4. The number of fused-ring (bicyclic) bond motifs is 1. The largest absolute Gasteiger partial charge is 0.432 e. The fourth-order valence-corrected chi connectivity index (χ4v) is 2.54. The van der Waals surface area contributed by atoms with Crippen LogP contribution in [-0.4, -0.2) is 30.6 Å². The second kappa shape index (κ2) is 6.63. The van der Waals surface area contributed by atoms with Crippen molar-refractivity contribution in [1.29, 1.82) is 5.26 Å². The van der Waals surface area contributed by atoms with Crippen LogP contribution in [0.4, 0.5) is 19.1 Å². The van der Waals surface area contributed by atoms with Gasteiger partial charge in [0, 0.05) is 18.8 Å². The summed E-state index contributed by atoms with van der Waals surface area (Å²) in [5, 5.41) is 16.7. The minimum absolute atomic E-state index is 0.106. The second-order valence-electron chi connectivity index (χ2n) is 7.38. The van der Waals surface area contributed by atoms with Crippen molar-refractivity contribution in [3.05, 3.63) is 35.3 Å². The Morgan fingerprint density at radius 1 is 1.32 bits per heavy atom. The summed E-state index contributed by atoms with van der Waals surface area (Å²) in [4.78, 5) is 20.9. The average molecular weight is 391 g/mol. The van der Waals surface area contributed by atoms with Crippen LogP contribution < -0.4 is 5.32 Å². The molecule has 0 aliphatic rings. The molecule has 3 heterocycles. The Kier molecular flexibility index (Phi) is 4.58. The molecule has 0 unspecified atom stereocenters. The molecule has 3 aromatic heterocycles. The lowest BCUT2D eigenvalue weighted by molar-refractivity contribution is -0.141. The molecule has 8 nitrogen and oxygen atoms in total. The second-order valence-corrected chi connectivity index (χ2v) is 7.38. The molecule has 11 heteroatoms. The number of imidazole rings is 1. The van der Waals surface area contributed by atoms with Crippen molar-refractivity contribution < 1.29 is 18.0 Å². The molecule has 0 aliphatic heterocycles. The number of hydrogen-bond acceptors (Lipinski definition) is 5. The normalized spacial score (nSPS) is 12.2. The lowest BCUT2D eigenvalue weighted by Gasteiger charge is -2.20. The minimum Gasteiger partial charge on any atom is -0.294 e. The number of aromatic amines is 1. The number of nitrogens with zero attached hydrogens (tertiary/aromatic N) is 5. The van der Waals surface area contributed by atoms with Crippen molar-refractivity contribution in [2.24, 2.45) is 5.41 Å². The van der Waals surface area contributed by atoms with Gasteiger partial charge < -0.3 is 0 Å². The molecule has 28 heavy (non-hydrogen) atoms. The van der Waals surface area contributed by atoms with Crippen molar-refractivity contribution in [2.75, 3.05) is 5.32 Å². The van der Waals surface area contributed by atoms with E-state index in [9.17, 15) is 18.0 Å². The van der Waals surface area contributed by atoms with E-state index in [1.807, 2.05) is 26.8 Å². The highest BCUT2D eigenvalue weighted by Crippen LogP contribution is 2.28. The van der Waals surface area contributed by atoms with Crippen LogP contribution >= 0.6 is 0 Å². The Morgan fingerprint density at radius 2 is 2.04 bits per heavy atom. The fourth-order valence-electron chi connectivity index (χ4n) is 2.54. The van der Waals surface area contributed by atoms with Crippen LogP contribution in [0.1, 0.15) is 42.5 Å². The zero-order chi connectivity index (χ0) is 20.7. The highest BCUT2D eigenvalue weighted by Gasteiger charge is 2.34. The van der Waals surface area contributed by atoms with E-state index in [4.69, 9.17) is 5.26 Å². The first-order valence-electron chi connectivity index (χ1n) is 8.18. The first-order valence-corrected chi connectivity index (χ1v) is 8.18. The summed E-state index contributed by atoms with van der Waals surface area (Å²) in [6, 6.07) is 4.10. The van der Waals surface area contributed by atoms with Crippen LogP contribution in [0, 0.1) is 16.7 Å². The number of carbonyl (C=O) groups excluding carboxylic acids is 1. The molecule has 0 saturated heterocycles. The van der Waals surface area contributed by atoms with Crippen LogP contribution in [0.5, 0.6) is 0 Å². The maximum Gasteiger partial charge on any atom is 0.432 e. The van der Waals surface area contributed by atoms with Crippen LogP contribution in [-0.2, 0) is 12.7 Å². The Labute approximate surface area is 157 Å². The number of amides is 1. The Morgan fingerprint density at radius 3 is 2.61 bits per heavy atom. The average Bonchev–Trinajstić information content (AvgIpc) is 3.19. The number of carbonyl (C=O) groups is 1. The molecule has 0 radical (unpaired) electrons. The molecular weight excluding hydrogens is 375 g/mol. The standard InChI is InChI=1S/C17H16F3N7O/c1-16(2,3)8-27-13-10(4-9(6-21)7-22-13)23-15(27)24-14(28)11-5-12(26-25-11)17(18,19)20/h4-5,7H,8H2,1-3H3,(H,25,26)(H,23,24,28). The summed E-state index contributed by atoms with van der Waals surface area (Å²) in [6.45, 7) is 6.33. The number of halogens is 3. The third-order valence-corrected chi connectivity index (χ3v) is 3.69. The van der Waals surface area contributed by atoms with Crippen LogP contribution in [0.15, 0.2) is 18.3 Å². The molecule has 0 atom stereocenters. The zero-order valence-corrected chi connectivity index (χ0v) is 15.2. The van der Waals surface area contributed by atoms with E-state index >= 15 is 0 Å². The molecule has 0 spiro atoms. The summed E-state index contributed by atoms with van der Waals surface area (Å²) < 4.78 is 39.7. The number of alkyl halides is 3. The van der Waals surface area contributed by atoms with Gasteiger partial charge in [-0.25, -0.2) is 9.97 Å². The molecule has 3 rings (SSSR count). The summed E-state index contributed by atoms with van der Waals surface area (Å²) in [5.74, 6) is -0.744. The molecule has 1 amide bonds. The van der Waals surface area contributed by atoms with Gasteiger partial charge in [0.15, 0.2) is 11.3 Å². The summed E-state index contributed by atoms with van der Waals surface area (Å²) >= 11 is 0. The van der Waals surface area contributed by atoms with Gasteiger partial charge in [-0.3, -0.25) is 19.8 Å². The lowest BCUT2D eigenvalue weighted by atomic mass is 9.97. The van der Waals surface area contributed by atoms with E-state index in [0.29, 0.717) is 29.3 Å². The van der Waals surface area contributed by atoms with E-state index in [2.05, 4.69) is 20.4 Å². The van der Waals surface area contributed by atoms with E-state index < -0.39 is 23.5 Å². The van der Waals surface area contributed by atoms with Crippen LogP contribution in [0.25, 0.3) is 11.2 Å². The molecule has 0 fully saturated rings. The van der Waals surface area contributed by atoms with E-state index in [1.165, 1.54) is 12.3 Å². The third kappa shape index (κ3) is 3.95. The van der Waals surface area contributed by atoms with Gasteiger partial charge in [-0.05, 0) is 11.5 Å². The predicted molar refractivity (Wildman–Crippen MR) is 93.2 cm³/mol. The number of nitriles is 1. The van der Waals surface area contributed by atoms with Gasteiger partial charge in [0.25, 0.3) is 5.91 Å². The first-order chi connectivity index (χ1) is 13.0. The number of anilines is 1. The van der Waals surface area contributed by atoms with Crippen molar-refractivity contribution in [3.8, 4) is 6.07 Å². The number of hydrogen-bond donors (Lipinski definition) is 2. The number of aromatic nitrogens is 5. The van der Waals surface area contributed by atoms with Crippen LogP contribution in [0.3, 0.4) is 0 Å². The maximum atomic E-state index is 12.7. The summed E-state index contributed by atoms with van der Waals surface area (Å²) in [6.07, 6.45) is -3.25. The van der Waals surface area contributed by atoms with Crippen molar-refractivity contribution >= 4 is 23.0 Å². The van der Waals surface area contributed by atoms with Gasteiger partial charge >= 0.3 is 6.18 Å². The summed E-state index contributed by atoms with van der Waals surface area (Å²) in [5.41, 5.74) is -0.626. The van der Waals surface area contributed by atoms with Gasteiger partial charge in [-0.2, -0.15) is 23.5 Å². The van der Waals surface area contributed by atoms with Gasteiger partial charge in [0.05, 0.1) is 5.56 Å². The number of pyridine rings is 1. The fraction of sp³-hybridized carbons (Fsp3) is 0.353. The number of rotatable bonds is 3. The Hall–Kier alpha value is -3.42. The molecule has 0 aliphatic carbocycles. The molecule has 2 N–H and O–H groups in total. The van der Waals surface area contributed by atoms with E-state index in [1.54, 1.807) is 9.67 Å². The Bertz CT molecular complexity index is 1080. The van der Waals surface area contributed by atoms with Gasteiger partial charge in [0.2, 0.25) is 5.95 Å². The zero-order valence-electron chi connectivity index (χ0n) is 15.2. The van der Waals surface area contributed by atoms with Crippen molar-refractivity contribution in [1.82, 2.24) is 24.7 Å². The molecule has 0 aromatic carbocycles. The highest BCUT2D eigenvalue weighted by molar-refractivity contribution is 6.02. The van der Waals surface area contributed by atoms with Crippen molar-refractivity contribution in [3.63, 3.8) is 0 Å². The van der Waals surface area contributed by atoms with Gasteiger partial charge in [0.1, 0.15) is 17.3 Å². The van der Waals surface area contributed by atoms with E-state index in [0.717, 1.165) is 0 Å². The number of nitrogens with one attached hydrogen (secondary N) is 2. The monoisotopic (exact) mass is 391 g/mol. The lowest BCUT2D eigenvalue weighted by Crippen LogP contribution is -2.21. The quantitative estimate of drug-likeness (QED) is 0.711. The Balaban J connectivity index is 1.99. The minimum atomic E-state index is -4.64. The third-order valence-electron chi connectivity index (χ3n) is 3.69. The predicted octanol–water partition coefficient (Wildman–Crippen LogP) is 3.34. The van der Waals surface area contributed by atoms with Crippen LogP contribution in [0.2, 0.25) is 0 Å². The molecular formula is C17H16F3N7O. The first kappa shape index (κ1) is 19.3. The topological polar surface area (TPSA) is 112 Å². The van der Waals surface area contributed by atoms with Gasteiger partial charge in [-0.1, -0.05) is 20.8 Å². The smallest absolute Gasteiger partial charge is 0.294 e. The van der Waals surface area contributed by atoms with E-state index in [-0.39, 0.29) is 11.4 Å². The van der Waals surface area contributed by atoms with Gasteiger partial charge in [-0.15, -0.1) is 0 Å². The maximum absolute atomic E-state index is 12.7. The molecule has 3 aromatic rings. The molecule has 0 bridgehead atoms. The molecule has 0 saturated carbocycles.